The zero-order chi connectivity index (χ0) is 18.7. The van der Waals surface area contributed by atoms with Crippen molar-refractivity contribution in [2.75, 3.05) is 0 Å². The minimum absolute atomic E-state index is 0.0391. The lowest BCUT2D eigenvalue weighted by atomic mass is 10.0. The lowest BCUT2D eigenvalue weighted by Gasteiger charge is -2.20. The van der Waals surface area contributed by atoms with Gasteiger partial charge in [0.1, 0.15) is 5.69 Å². The van der Waals surface area contributed by atoms with Crippen LogP contribution in [0.15, 0.2) is 12.4 Å². The smallest absolute Gasteiger partial charge is 0.271 e. The molecule has 3 N–H and O–H groups in total. The lowest BCUT2D eigenvalue weighted by Crippen LogP contribution is -2.44. The highest BCUT2D eigenvalue weighted by molar-refractivity contribution is 5.92. The third-order valence-electron chi connectivity index (χ3n) is 4.90. The van der Waals surface area contributed by atoms with Crippen LogP contribution in [-0.2, 0) is 11.3 Å². The van der Waals surface area contributed by atoms with Crippen LogP contribution in [0.4, 0.5) is 0 Å². The first kappa shape index (κ1) is 18.0. The zero-order valence-corrected chi connectivity index (χ0v) is 15.3. The summed E-state index contributed by atoms with van der Waals surface area (Å²) in [6.07, 6.45) is 5.47. The molecule has 138 valence electrons. The summed E-state index contributed by atoms with van der Waals surface area (Å²) >= 11 is 0. The molecule has 1 fully saturated rings. The average Bonchev–Trinajstić information content (AvgIpc) is 3.20. The van der Waals surface area contributed by atoms with E-state index < -0.39 is 0 Å². The van der Waals surface area contributed by atoms with Crippen molar-refractivity contribution < 1.29 is 9.59 Å². The molecule has 0 aliphatic heterocycles. The van der Waals surface area contributed by atoms with Crippen molar-refractivity contribution in [3.8, 4) is 0 Å². The second-order valence-corrected chi connectivity index (χ2v) is 6.79. The van der Waals surface area contributed by atoms with Gasteiger partial charge in [0.2, 0.25) is 5.91 Å². The van der Waals surface area contributed by atoms with Crippen molar-refractivity contribution in [2.24, 2.45) is 5.92 Å². The van der Waals surface area contributed by atoms with E-state index >= 15 is 0 Å². The molecule has 2 amide bonds. The Kier molecular flexibility index (Phi) is 5.29. The zero-order valence-electron chi connectivity index (χ0n) is 15.3. The number of hydrogen-bond donors (Lipinski definition) is 3. The number of carbonyl (C=O) groups excluding carboxylic acids is 2. The first-order valence-electron chi connectivity index (χ1n) is 8.83. The fraction of sp³-hybridized carbons (Fsp3) is 0.500. The SMILES string of the molecule is Cc1cnc(C(=O)N[C@@H]2CCC[C@@H]2C(=O)NCc2c(C)n[nH]c2C)cn1. The number of amides is 2. The average molecular weight is 356 g/mol. The Morgan fingerprint density at radius 3 is 2.65 bits per heavy atom. The molecule has 8 heteroatoms. The van der Waals surface area contributed by atoms with Gasteiger partial charge in [-0.25, -0.2) is 4.98 Å². The Labute approximate surface area is 152 Å². The summed E-state index contributed by atoms with van der Waals surface area (Å²) in [7, 11) is 0. The molecule has 0 spiro atoms. The Hall–Kier alpha value is -2.77. The van der Waals surface area contributed by atoms with E-state index in [1.54, 1.807) is 6.20 Å². The van der Waals surface area contributed by atoms with Crippen molar-refractivity contribution in [3.63, 3.8) is 0 Å². The van der Waals surface area contributed by atoms with Gasteiger partial charge in [0.15, 0.2) is 0 Å². The molecule has 3 rings (SSSR count). The molecule has 2 aromatic heterocycles. The largest absolute Gasteiger partial charge is 0.352 e. The van der Waals surface area contributed by atoms with Gasteiger partial charge in [-0.05, 0) is 33.6 Å². The van der Waals surface area contributed by atoms with E-state index in [4.69, 9.17) is 0 Å². The molecular formula is C18H24N6O2. The normalized spacial score (nSPS) is 19.3. The van der Waals surface area contributed by atoms with Crippen LogP contribution in [-0.4, -0.2) is 38.0 Å². The van der Waals surface area contributed by atoms with E-state index in [0.717, 1.165) is 41.9 Å². The third kappa shape index (κ3) is 3.89. The van der Waals surface area contributed by atoms with E-state index in [9.17, 15) is 9.59 Å². The second kappa shape index (κ2) is 7.63. The van der Waals surface area contributed by atoms with Crippen LogP contribution in [0.5, 0.6) is 0 Å². The van der Waals surface area contributed by atoms with Crippen LogP contribution >= 0.6 is 0 Å². The monoisotopic (exact) mass is 356 g/mol. The van der Waals surface area contributed by atoms with Gasteiger partial charge in [0.25, 0.3) is 5.91 Å². The maximum Gasteiger partial charge on any atom is 0.271 e. The van der Waals surface area contributed by atoms with Crippen LogP contribution in [0.3, 0.4) is 0 Å². The first-order chi connectivity index (χ1) is 12.5. The Morgan fingerprint density at radius 2 is 2.00 bits per heavy atom. The number of H-pyrrole nitrogens is 1. The highest BCUT2D eigenvalue weighted by Gasteiger charge is 2.34. The van der Waals surface area contributed by atoms with Gasteiger partial charge < -0.3 is 10.6 Å². The van der Waals surface area contributed by atoms with Crippen molar-refractivity contribution in [1.82, 2.24) is 30.8 Å². The predicted molar refractivity (Wildman–Crippen MR) is 95.3 cm³/mol. The van der Waals surface area contributed by atoms with Crippen LogP contribution < -0.4 is 10.6 Å². The quantitative estimate of drug-likeness (QED) is 0.748. The topological polar surface area (TPSA) is 113 Å². The van der Waals surface area contributed by atoms with Gasteiger partial charge in [-0.2, -0.15) is 5.10 Å². The third-order valence-corrected chi connectivity index (χ3v) is 4.90. The van der Waals surface area contributed by atoms with Crippen molar-refractivity contribution in [2.45, 2.75) is 52.6 Å². The minimum Gasteiger partial charge on any atom is -0.352 e. The van der Waals surface area contributed by atoms with Gasteiger partial charge in [-0.15, -0.1) is 0 Å². The van der Waals surface area contributed by atoms with Crippen LogP contribution in [0, 0.1) is 26.7 Å². The highest BCUT2D eigenvalue weighted by atomic mass is 16.2. The van der Waals surface area contributed by atoms with E-state index in [0.29, 0.717) is 6.54 Å². The van der Waals surface area contributed by atoms with Gasteiger partial charge in [-0.3, -0.25) is 19.7 Å². The van der Waals surface area contributed by atoms with Gasteiger partial charge >= 0.3 is 0 Å². The molecule has 2 heterocycles. The molecule has 2 atom stereocenters. The summed E-state index contributed by atoms with van der Waals surface area (Å²) in [5, 5.41) is 13.0. The molecule has 1 aliphatic carbocycles. The minimum atomic E-state index is -0.288. The molecule has 1 saturated carbocycles. The summed E-state index contributed by atoms with van der Waals surface area (Å²) in [5.74, 6) is -0.559. The van der Waals surface area contributed by atoms with Crippen LogP contribution in [0.1, 0.15) is 52.4 Å². The molecule has 0 bridgehead atoms. The number of nitrogens with one attached hydrogen (secondary N) is 3. The number of hydrogen-bond acceptors (Lipinski definition) is 5. The highest BCUT2D eigenvalue weighted by Crippen LogP contribution is 2.26. The van der Waals surface area contributed by atoms with Gasteiger partial charge in [0.05, 0.1) is 23.5 Å². The number of aryl methyl sites for hydroxylation is 3. The summed E-state index contributed by atoms with van der Waals surface area (Å²) in [5.41, 5.74) is 3.87. The van der Waals surface area contributed by atoms with E-state index in [2.05, 4.69) is 30.8 Å². The summed E-state index contributed by atoms with van der Waals surface area (Å²) in [4.78, 5) is 33.2. The number of carbonyl (C=O) groups is 2. The second-order valence-electron chi connectivity index (χ2n) is 6.79. The van der Waals surface area contributed by atoms with Gasteiger partial charge in [-0.1, -0.05) is 6.42 Å². The summed E-state index contributed by atoms with van der Waals surface area (Å²) < 4.78 is 0. The van der Waals surface area contributed by atoms with Crippen molar-refractivity contribution in [1.29, 1.82) is 0 Å². The predicted octanol–water partition coefficient (Wildman–Crippen LogP) is 1.34. The number of aromatic nitrogens is 4. The number of aromatic amines is 1. The van der Waals surface area contributed by atoms with E-state index in [1.807, 2.05) is 20.8 Å². The van der Waals surface area contributed by atoms with Gasteiger partial charge in [0, 0.05) is 30.0 Å². The maximum atomic E-state index is 12.6. The Morgan fingerprint density at radius 1 is 1.19 bits per heavy atom. The molecular weight excluding hydrogens is 332 g/mol. The number of nitrogens with zero attached hydrogens (tertiary/aromatic N) is 3. The van der Waals surface area contributed by atoms with E-state index in [1.165, 1.54) is 6.20 Å². The molecule has 2 aromatic rings. The molecule has 26 heavy (non-hydrogen) atoms. The van der Waals surface area contributed by atoms with Crippen molar-refractivity contribution >= 4 is 11.8 Å². The molecule has 1 aliphatic rings. The summed E-state index contributed by atoms with van der Waals surface area (Å²) in [6, 6.07) is -0.183. The fourth-order valence-electron chi connectivity index (χ4n) is 3.34. The number of rotatable bonds is 5. The molecule has 0 saturated heterocycles. The Balaban J connectivity index is 1.59. The first-order valence-corrected chi connectivity index (χ1v) is 8.83. The van der Waals surface area contributed by atoms with Crippen LogP contribution in [0.2, 0.25) is 0 Å². The summed E-state index contributed by atoms with van der Waals surface area (Å²) in [6.45, 7) is 6.10. The Bertz CT molecular complexity index is 779. The molecule has 0 aromatic carbocycles. The van der Waals surface area contributed by atoms with Crippen LogP contribution in [0.25, 0.3) is 0 Å². The molecule has 8 nitrogen and oxygen atoms in total. The van der Waals surface area contributed by atoms with Crippen molar-refractivity contribution in [3.05, 3.63) is 40.7 Å². The molecule has 0 unspecified atom stereocenters. The molecule has 0 radical (unpaired) electrons. The maximum absolute atomic E-state index is 12.6. The fourth-order valence-corrected chi connectivity index (χ4v) is 3.34. The lowest BCUT2D eigenvalue weighted by molar-refractivity contribution is -0.125. The van der Waals surface area contributed by atoms with E-state index in [-0.39, 0.29) is 29.5 Å². The standard InChI is InChI=1S/C18H24N6O2/c1-10-7-20-16(9-19-10)18(26)22-15-6-4-5-13(15)17(25)21-8-14-11(2)23-24-12(14)3/h7,9,13,15H,4-6,8H2,1-3H3,(H,21,25)(H,22,26)(H,23,24)/t13-,15+/m0/s1.